The molecule has 0 spiro atoms. The van der Waals surface area contributed by atoms with E-state index in [2.05, 4.69) is 30.0 Å². The van der Waals surface area contributed by atoms with Gasteiger partial charge >= 0.3 is 0 Å². The van der Waals surface area contributed by atoms with Gasteiger partial charge in [0.15, 0.2) is 17.7 Å². The van der Waals surface area contributed by atoms with Crippen LogP contribution in [0, 0.1) is 5.92 Å². The second kappa shape index (κ2) is 7.18. The Morgan fingerprint density at radius 1 is 0.964 bits per heavy atom. The van der Waals surface area contributed by atoms with Crippen molar-refractivity contribution in [1.29, 1.82) is 0 Å². The Morgan fingerprint density at radius 2 is 1.68 bits per heavy atom. The topological polar surface area (TPSA) is 49.4 Å². The number of rotatable bonds is 3. The molecule has 0 unspecified atom stereocenters. The molecule has 0 amide bonds. The van der Waals surface area contributed by atoms with Crippen molar-refractivity contribution < 1.29 is 23.7 Å². The quantitative estimate of drug-likeness (QED) is 0.811. The highest BCUT2D eigenvalue weighted by Crippen LogP contribution is 2.49. The highest BCUT2D eigenvalue weighted by atomic mass is 16.7. The summed E-state index contributed by atoms with van der Waals surface area (Å²) < 4.78 is 28.6. The molecule has 0 aliphatic carbocycles. The Hall–Kier alpha value is -2.44. The smallest absolute Gasteiger partial charge is 0.231 e. The van der Waals surface area contributed by atoms with Crippen LogP contribution in [0.2, 0.25) is 0 Å². The Bertz CT molecular complexity index is 847. The van der Waals surface area contributed by atoms with Gasteiger partial charge in [-0.25, -0.2) is 0 Å². The second-order valence-corrected chi connectivity index (χ2v) is 7.51. The molecule has 5 rings (SSSR count). The molecule has 6 nitrogen and oxygen atoms in total. The summed E-state index contributed by atoms with van der Waals surface area (Å²) in [4.78, 5) is 2.39. The molecule has 148 valence electrons. The van der Waals surface area contributed by atoms with Gasteiger partial charge in [-0.2, -0.15) is 0 Å². The van der Waals surface area contributed by atoms with E-state index in [9.17, 15) is 0 Å². The maximum atomic E-state index is 6.52. The third kappa shape index (κ3) is 2.97. The van der Waals surface area contributed by atoms with Crippen LogP contribution in [0.15, 0.2) is 36.4 Å². The number of ether oxygens (including phenoxy) is 5. The van der Waals surface area contributed by atoms with Gasteiger partial charge < -0.3 is 23.7 Å². The number of hydrogen-bond acceptors (Lipinski definition) is 6. The molecular weight excluding hydrogens is 358 g/mol. The molecule has 3 aliphatic rings. The molecule has 3 atom stereocenters. The van der Waals surface area contributed by atoms with E-state index in [-0.39, 0.29) is 24.9 Å². The van der Waals surface area contributed by atoms with Crippen LogP contribution >= 0.6 is 0 Å². The highest BCUT2D eigenvalue weighted by molar-refractivity contribution is 5.56. The van der Waals surface area contributed by atoms with Gasteiger partial charge in [0.25, 0.3) is 0 Å². The highest BCUT2D eigenvalue weighted by Gasteiger charge is 2.41. The van der Waals surface area contributed by atoms with E-state index >= 15 is 0 Å². The fourth-order valence-electron chi connectivity index (χ4n) is 4.50. The van der Waals surface area contributed by atoms with Gasteiger partial charge in [0, 0.05) is 36.6 Å². The first-order valence-electron chi connectivity index (χ1n) is 9.80. The van der Waals surface area contributed by atoms with Crippen LogP contribution in [0.25, 0.3) is 0 Å². The molecule has 0 saturated carbocycles. The summed E-state index contributed by atoms with van der Waals surface area (Å²) in [7, 11) is 1.69. The van der Waals surface area contributed by atoms with Crippen molar-refractivity contribution in [2.24, 2.45) is 5.92 Å². The summed E-state index contributed by atoms with van der Waals surface area (Å²) in [6.45, 7) is 5.77. The van der Waals surface area contributed by atoms with Crippen LogP contribution in [-0.4, -0.2) is 51.3 Å². The monoisotopic (exact) mass is 383 g/mol. The Kier molecular flexibility index (Phi) is 4.53. The average Bonchev–Trinajstić information content (AvgIpc) is 3.20. The number of nitrogens with zero attached hydrogens (tertiary/aromatic N) is 1. The fraction of sp³-hybridized carbons (Fsp3) is 0.455. The number of hydrogen-bond donors (Lipinski definition) is 0. The Labute approximate surface area is 164 Å². The summed E-state index contributed by atoms with van der Waals surface area (Å²) in [6, 6.07) is 12.4. The maximum absolute atomic E-state index is 6.52. The van der Waals surface area contributed by atoms with E-state index in [4.69, 9.17) is 23.7 Å². The van der Waals surface area contributed by atoms with Crippen molar-refractivity contribution in [3.63, 3.8) is 0 Å². The molecule has 1 fully saturated rings. The van der Waals surface area contributed by atoms with E-state index in [1.165, 1.54) is 5.56 Å². The number of benzene rings is 2. The second-order valence-electron chi connectivity index (χ2n) is 7.51. The van der Waals surface area contributed by atoms with Crippen LogP contribution in [0.3, 0.4) is 0 Å². The molecule has 3 heterocycles. The summed E-state index contributed by atoms with van der Waals surface area (Å²) in [5.41, 5.74) is 2.39. The van der Waals surface area contributed by atoms with Crippen molar-refractivity contribution in [3.05, 3.63) is 47.5 Å². The summed E-state index contributed by atoms with van der Waals surface area (Å²) >= 11 is 0. The molecule has 0 N–H and O–H groups in total. The third-order valence-electron chi connectivity index (χ3n) is 5.94. The third-order valence-corrected chi connectivity index (χ3v) is 5.94. The summed E-state index contributed by atoms with van der Waals surface area (Å²) in [6.07, 6.45) is -0.0103. The van der Waals surface area contributed by atoms with Crippen LogP contribution in [0.4, 0.5) is 0 Å². The van der Waals surface area contributed by atoms with E-state index in [1.54, 1.807) is 7.11 Å². The Morgan fingerprint density at radius 3 is 2.39 bits per heavy atom. The zero-order valence-corrected chi connectivity index (χ0v) is 16.2. The van der Waals surface area contributed by atoms with Gasteiger partial charge in [-0.1, -0.05) is 19.1 Å². The van der Waals surface area contributed by atoms with E-state index in [1.807, 2.05) is 18.2 Å². The van der Waals surface area contributed by atoms with Crippen LogP contribution < -0.4 is 18.9 Å². The van der Waals surface area contributed by atoms with Crippen LogP contribution in [0.5, 0.6) is 23.0 Å². The lowest BCUT2D eigenvalue weighted by Crippen LogP contribution is -2.52. The minimum Gasteiger partial charge on any atom is -0.497 e. The van der Waals surface area contributed by atoms with Crippen molar-refractivity contribution in [2.45, 2.75) is 19.1 Å². The zero-order valence-electron chi connectivity index (χ0n) is 16.2. The predicted molar refractivity (Wildman–Crippen MR) is 103 cm³/mol. The predicted octanol–water partition coefficient (Wildman–Crippen LogP) is 3.24. The van der Waals surface area contributed by atoms with Crippen molar-refractivity contribution >= 4 is 0 Å². The van der Waals surface area contributed by atoms with E-state index in [0.717, 1.165) is 54.9 Å². The van der Waals surface area contributed by atoms with Crippen molar-refractivity contribution in [3.8, 4) is 23.0 Å². The van der Waals surface area contributed by atoms with Gasteiger partial charge in [0.2, 0.25) is 6.79 Å². The molecule has 2 aromatic rings. The molecule has 1 saturated heterocycles. The average molecular weight is 383 g/mol. The van der Waals surface area contributed by atoms with Gasteiger partial charge in [0.1, 0.15) is 11.5 Å². The molecule has 0 radical (unpaired) electrons. The van der Waals surface area contributed by atoms with Gasteiger partial charge in [-0.05, 0) is 23.8 Å². The standard InChI is InChI=1S/C22H25NO5/c1-14-21(15-3-5-16(24-2)6-4-15)17-11-19-20(27-13-26-19)12-18(17)28-22(14)23-7-9-25-10-8-23/h3-6,11-12,14,21-22H,7-10,13H2,1-2H3/t14-,21+,22-/m1/s1. The largest absolute Gasteiger partial charge is 0.497 e. The van der Waals surface area contributed by atoms with Crippen LogP contribution in [-0.2, 0) is 4.74 Å². The first-order chi connectivity index (χ1) is 13.7. The van der Waals surface area contributed by atoms with Gasteiger partial charge in [-0.15, -0.1) is 0 Å². The van der Waals surface area contributed by atoms with Crippen LogP contribution in [0.1, 0.15) is 24.0 Å². The number of methoxy groups -OCH3 is 1. The first kappa shape index (κ1) is 17.6. The molecule has 0 bridgehead atoms. The number of fused-ring (bicyclic) bond motifs is 2. The van der Waals surface area contributed by atoms with E-state index < -0.39 is 0 Å². The first-order valence-corrected chi connectivity index (χ1v) is 9.80. The molecule has 6 heteroatoms. The molecule has 0 aromatic heterocycles. The minimum absolute atomic E-state index is 0.0103. The summed E-state index contributed by atoms with van der Waals surface area (Å²) in [5.74, 6) is 3.73. The lowest BCUT2D eigenvalue weighted by molar-refractivity contribution is -0.0784. The lowest BCUT2D eigenvalue weighted by atomic mass is 9.78. The van der Waals surface area contributed by atoms with Crippen molar-refractivity contribution in [1.82, 2.24) is 4.90 Å². The normalized spacial score (nSPS) is 26.4. The molecule has 2 aromatic carbocycles. The molecule has 3 aliphatic heterocycles. The molecular formula is C22H25NO5. The number of morpholine rings is 1. The van der Waals surface area contributed by atoms with Gasteiger partial charge in [-0.3, -0.25) is 4.90 Å². The summed E-state index contributed by atoms with van der Waals surface area (Å²) in [5, 5.41) is 0. The Balaban J connectivity index is 1.58. The zero-order chi connectivity index (χ0) is 19.1. The SMILES string of the molecule is COc1ccc([C@H]2c3cc4c(cc3O[C@@H](N3CCOCC3)[C@@H]2C)OCO4)cc1. The maximum Gasteiger partial charge on any atom is 0.231 e. The van der Waals surface area contributed by atoms with Gasteiger partial charge in [0.05, 0.1) is 20.3 Å². The van der Waals surface area contributed by atoms with Crippen molar-refractivity contribution in [2.75, 3.05) is 40.2 Å². The minimum atomic E-state index is -0.0103. The lowest BCUT2D eigenvalue weighted by Gasteiger charge is -2.44. The fourth-order valence-corrected chi connectivity index (χ4v) is 4.50. The molecule has 28 heavy (non-hydrogen) atoms. The van der Waals surface area contributed by atoms with E-state index in [0.29, 0.717) is 0 Å².